The minimum atomic E-state index is 0.870. The number of fused-ring (bicyclic) bond motifs is 1. The third-order valence-electron chi connectivity index (χ3n) is 4.80. The molecule has 0 bridgehead atoms. The van der Waals surface area contributed by atoms with Gasteiger partial charge >= 0.3 is 0 Å². The standard InChI is InChI=1S/C18H21N5/c1-13-14(2)21(3)18(20-13)12-22-10-15-9-19-23(17(15)11-22)16-7-5-4-6-8-16/h4-9H,10-12H2,1-3H3. The number of aromatic nitrogens is 4. The zero-order chi connectivity index (χ0) is 16.0. The fourth-order valence-electron chi connectivity index (χ4n) is 3.25. The van der Waals surface area contributed by atoms with E-state index in [9.17, 15) is 0 Å². The lowest BCUT2D eigenvalue weighted by Crippen LogP contribution is -2.19. The average molecular weight is 307 g/mol. The highest BCUT2D eigenvalue weighted by Crippen LogP contribution is 2.26. The largest absolute Gasteiger partial charge is 0.334 e. The van der Waals surface area contributed by atoms with Crippen molar-refractivity contribution in [2.75, 3.05) is 0 Å². The van der Waals surface area contributed by atoms with Crippen molar-refractivity contribution in [1.29, 1.82) is 0 Å². The van der Waals surface area contributed by atoms with Gasteiger partial charge in [-0.05, 0) is 26.0 Å². The van der Waals surface area contributed by atoms with Gasteiger partial charge in [0.2, 0.25) is 0 Å². The lowest BCUT2D eigenvalue weighted by atomic mass is 10.3. The molecular formula is C18H21N5. The zero-order valence-corrected chi connectivity index (χ0v) is 13.8. The molecule has 0 atom stereocenters. The molecule has 3 aromatic rings. The van der Waals surface area contributed by atoms with Crippen LogP contribution in [0.2, 0.25) is 0 Å². The molecule has 0 N–H and O–H groups in total. The number of para-hydroxylation sites is 1. The summed E-state index contributed by atoms with van der Waals surface area (Å²) in [6, 6.07) is 10.3. The van der Waals surface area contributed by atoms with E-state index in [4.69, 9.17) is 4.98 Å². The van der Waals surface area contributed by atoms with Crippen LogP contribution >= 0.6 is 0 Å². The summed E-state index contributed by atoms with van der Waals surface area (Å²) >= 11 is 0. The molecule has 4 rings (SSSR count). The summed E-state index contributed by atoms with van der Waals surface area (Å²) in [5.41, 5.74) is 6.09. The molecule has 1 aromatic carbocycles. The monoisotopic (exact) mass is 307 g/mol. The fraction of sp³-hybridized carbons (Fsp3) is 0.333. The Hall–Kier alpha value is -2.40. The van der Waals surface area contributed by atoms with E-state index < -0.39 is 0 Å². The van der Waals surface area contributed by atoms with E-state index in [0.29, 0.717) is 0 Å². The third-order valence-corrected chi connectivity index (χ3v) is 4.80. The van der Waals surface area contributed by atoms with Crippen molar-refractivity contribution in [1.82, 2.24) is 24.2 Å². The molecule has 5 heteroatoms. The fourth-order valence-corrected chi connectivity index (χ4v) is 3.25. The second-order valence-corrected chi connectivity index (χ2v) is 6.27. The van der Waals surface area contributed by atoms with Gasteiger partial charge < -0.3 is 4.57 Å². The number of rotatable bonds is 3. The van der Waals surface area contributed by atoms with Crippen molar-refractivity contribution in [3.8, 4) is 5.69 Å². The summed E-state index contributed by atoms with van der Waals surface area (Å²) in [7, 11) is 2.10. The van der Waals surface area contributed by atoms with E-state index in [2.05, 4.69) is 64.4 Å². The minimum absolute atomic E-state index is 0.870. The predicted octanol–water partition coefficient (Wildman–Crippen LogP) is 2.74. The summed E-state index contributed by atoms with van der Waals surface area (Å²) in [6.07, 6.45) is 2.00. The number of aryl methyl sites for hydroxylation is 1. The molecule has 1 aliphatic rings. The van der Waals surface area contributed by atoms with Crippen molar-refractivity contribution in [3.05, 3.63) is 65.0 Å². The van der Waals surface area contributed by atoms with Gasteiger partial charge in [-0.15, -0.1) is 0 Å². The van der Waals surface area contributed by atoms with Gasteiger partial charge in [-0.3, -0.25) is 4.90 Å². The highest BCUT2D eigenvalue weighted by molar-refractivity contribution is 5.36. The van der Waals surface area contributed by atoms with Gasteiger partial charge in [-0.1, -0.05) is 18.2 Å². The molecule has 0 unspecified atom stereocenters. The molecular weight excluding hydrogens is 286 g/mol. The van der Waals surface area contributed by atoms with Crippen molar-refractivity contribution < 1.29 is 0 Å². The van der Waals surface area contributed by atoms with Gasteiger partial charge in [0.15, 0.2) is 0 Å². The first-order valence-corrected chi connectivity index (χ1v) is 7.96. The summed E-state index contributed by atoms with van der Waals surface area (Å²) in [5.74, 6) is 1.13. The van der Waals surface area contributed by atoms with Crippen LogP contribution in [0.1, 0.15) is 28.5 Å². The number of hydrogen-bond donors (Lipinski definition) is 0. The first-order chi connectivity index (χ1) is 11.1. The van der Waals surface area contributed by atoms with Gasteiger partial charge in [0.05, 0.1) is 29.8 Å². The van der Waals surface area contributed by atoms with E-state index in [-0.39, 0.29) is 0 Å². The molecule has 0 radical (unpaired) electrons. The average Bonchev–Trinajstić information content (AvgIpc) is 3.19. The minimum Gasteiger partial charge on any atom is -0.334 e. The van der Waals surface area contributed by atoms with Crippen LogP contribution in [0.15, 0.2) is 36.5 Å². The lowest BCUT2D eigenvalue weighted by molar-refractivity contribution is 0.260. The molecule has 23 heavy (non-hydrogen) atoms. The second kappa shape index (κ2) is 5.35. The second-order valence-electron chi connectivity index (χ2n) is 6.27. The molecule has 1 aliphatic heterocycles. The predicted molar refractivity (Wildman–Crippen MR) is 89.2 cm³/mol. The van der Waals surface area contributed by atoms with E-state index in [1.807, 2.05) is 12.3 Å². The van der Waals surface area contributed by atoms with Gasteiger partial charge in [0, 0.05) is 31.4 Å². The number of benzene rings is 1. The molecule has 0 saturated carbocycles. The van der Waals surface area contributed by atoms with E-state index in [1.54, 1.807) is 0 Å². The first-order valence-electron chi connectivity index (χ1n) is 7.96. The lowest BCUT2D eigenvalue weighted by Gasteiger charge is -2.15. The van der Waals surface area contributed by atoms with Gasteiger partial charge in [-0.2, -0.15) is 5.10 Å². The number of imidazole rings is 1. The molecule has 3 heterocycles. The SMILES string of the molecule is Cc1nc(CN2Cc3cnn(-c4ccccc4)c3C2)n(C)c1C. The van der Waals surface area contributed by atoms with Crippen LogP contribution in [0.5, 0.6) is 0 Å². The van der Waals surface area contributed by atoms with Crippen molar-refractivity contribution >= 4 is 0 Å². The number of hydrogen-bond acceptors (Lipinski definition) is 3. The van der Waals surface area contributed by atoms with Crippen LogP contribution in [0.3, 0.4) is 0 Å². The smallest absolute Gasteiger partial charge is 0.123 e. The zero-order valence-electron chi connectivity index (χ0n) is 13.8. The van der Waals surface area contributed by atoms with Crippen molar-refractivity contribution in [2.24, 2.45) is 7.05 Å². The van der Waals surface area contributed by atoms with Gasteiger partial charge in [0.1, 0.15) is 5.82 Å². The summed E-state index contributed by atoms with van der Waals surface area (Å²) in [4.78, 5) is 7.12. The first kappa shape index (κ1) is 14.2. The Bertz CT molecular complexity index is 844. The van der Waals surface area contributed by atoms with Gasteiger partial charge in [0.25, 0.3) is 0 Å². The highest BCUT2D eigenvalue weighted by atomic mass is 15.3. The molecule has 0 spiro atoms. The van der Waals surface area contributed by atoms with Crippen LogP contribution in [0.25, 0.3) is 5.69 Å². The summed E-state index contributed by atoms with van der Waals surface area (Å²) in [5, 5.41) is 4.55. The Balaban J connectivity index is 1.57. The Labute approximate surface area is 136 Å². The summed E-state index contributed by atoms with van der Waals surface area (Å²) in [6.45, 7) is 6.92. The third kappa shape index (κ3) is 2.37. The maximum atomic E-state index is 4.70. The molecule has 0 fully saturated rings. The Kier molecular flexibility index (Phi) is 3.31. The molecule has 0 aliphatic carbocycles. The Morgan fingerprint density at radius 2 is 1.87 bits per heavy atom. The molecule has 0 saturated heterocycles. The van der Waals surface area contributed by atoms with E-state index in [1.165, 1.54) is 17.0 Å². The van der Waals surface area contributed by atoms with Crippen molar-refractivity contribution in [3.63, 3.8) is 0 Å². The van der Waals surface area contributed by atoms with Crippen LogP contribution in [0, 0.1) is 13.8 Å². The van der Waals surface area contributed by atoms with Gasteiger partial charge in [-0.25, -0.2) is 9.67 Å². The van der Waals surface area contributed by atoms with Crippen LogP contribution in [-0.2, 0) is 26.7 Å². The Morgan fingerprint density at radius 1 is 1.09 bits per heavy atom. The topological polar surface area (TPSA) is 38.9 Å². The normalized spacial score (nSPS) is 14.4. The highest BCUT2D eigenvalue weighted by Gasteiger charge is 2.25. The maximum Gasteiger partial charge on any atom is 0.123 e. The molecule has 118 valence electrons. The molecule has 5 nitrogen and oxygen atoms in total. The summed E-state index contributed by atoms with van der Waals surface area (Å²) < 4.78 is 4.26. The van der Waals surface area contributed by atoms with Crippen molar-refractivity contribution in [2.45, 2.75) is 33.5 Å². The molecule has 0 amide bonds. The maximum absolute atomic E-state index is 4.70. The Morgan fingerprint density at radius 3 is 2.57 bits per heavy atom. The quantitative estimate of drug-likeness (QED) is 0.747. The van der Waals surface area contributed by atoms with Crippen LogP contribution < -0.4 is 0 Å². The molecule has 2 aromatic heterocycles. The number of nitrogens with zero attached hydrogens (tertiary/aromatic N) is 5. The van der Waals surface area contributed by atoms with E-state index >= 15 is 0 Å². The van der Waals surface area contributed by atoms with E-state index in [0.717, 1.165) is 36.8 Å². The van der Waals surface area contributed by atoms with Crippen LogP contribution in [0.4, 0.5) is 0 Å². The van der Waals surface area contributed by atoms with Crippen LogP contribution in [-0.4, -0.2) is 24.2 Å².